The van der Waals surface area contributed by atoms with E-state index in [2.05, 4.69) is 12.1 Å². The van der Waals surface area contributed by atoms with Gasteiger partial charge in [0.25, 0.3) is 0 Å². The fourth-order valence-corrected chi connectivity index (χ4v) is 3.59. The number of benzene rings is 3. The summed E-state index contributed by atoms with van der Waals surface area (Å²) in [5.74, 6) is 0.781. The minimum absolute atomic E-state index is 0.388. The molecule has 1 aliphatic rings. The molecule has 0 fully saturated rings. The summed E-state index contributed by atoms with van der Waals surface area (Å²) in [7, 11) is 0. The van der Waals surface area contributed by atoms with Gasteiger partial charge in [-0.1, -0.05) is 48.5 Å². The minimum Gasteiger partial charge on any atom is -0.490 e. The van der Waals surface area contributed by atoms with Crippen LogP contribution < -0.4 is 9.47 Å². The van der Waals surface area contributed by atoms with Gasteiger partial charge in [0.1, 0.15) is 0 Å². The van der Waals surface area contributed by atoms with E-state index in [4.69, 9.17) is 14.2 Å². The topological polar surface area (TPSA) is 44.8 Å². The van der Waals surface area contributed by atoms with Gasteiger partial charge < -0.3 is 14.2 Å². The zero-order valence-corrected chi connectivity index (χ0v) is 16.0. The van der Waals surface area contributed by atoms with Crippen LogP contribution in [-0.4, -0.2) is 19.2 Å². The molecule has 142 valence electrons. The molecule has 0 radical (unpaired) electrons. The van der Waals surface area contributed by atoms with Gasteiger partial charge in [0, 0.05) is 11.1 Å². The fraction of sp³-hybridized carbons (Fsp3) is 0.208. The normalized spacial score (nSPS) is 12.2. The van der Waals surface area contributed by atoms with E-state index in [1.807, 2.05) is 50.2 Å². The monoisotopic (exact) mass is 374 g/mol. The fourth-order valence-electron chi connectivity index (χ4n) is 3.59. The van der Waals surface area contributed by atoms with Crippen LogP contribution in [0.15, 0.2) is 66.7 Å². The molecule has 0 heterocycles. The van der Waals surface area contributed by atoms with Crippen LogP contribution in [0.3, 0.4) is 0 Å². The first-order chi connectivity index (χ1) is 13.7. The average Bonchev–Trinajstić information content (AvgIpc) is 3.04. The minimum atomic E-state index is -0.415. The summed E-state index contributed by atoms with van der Waals surface area (Å²) < 4.78 is 17.2. The van der Waals surface area contributed by atoms with Crippen LogP contribution in [0.5, 0.6) is 11.5 Å². The number of carbonyl (C=O) groups is 1. The Morgan fingerprint density at radius 3 is 1.96 bits per heavy atom. The van der Waals surface area contributed by atoms with E-state index in [9.17, 15) is 4.79 Å². The lowest BCUT2D eigenvalue weighted by atomic mass is 10.1. The highest BCUT2D eigenvalue weighted by molar-refractivity contribution is 5.91. The Morgan fingerprint density at radius 1 is 0.786 bits per heavy atom. The molecule has 0 aromatic heterocycles. The molecule has 0 spiro atoms. The van der Waals surface area contributed by atoms with Crippen molar-refractivity contribution in [1.82, 2.24) is 0 Å². The molecule has 4 rings (SSSR count). The number of rotatable bonds is 6. The number of esters is 1. The van der Waals surface area contributed by atoms with Gasteiger partial charge in [-0.2, -0.15) is 0 Å². The average molecular weight is 374 g/mol. The second-order valence-electron chi connectivity index (χ2n) is 6.49. The van der Waals surface area contributed by atoms with Gasteiger partial charge in [0.15, 0.2) is 17.6 Å². The van der Waals surface area contributed by atoms with Crippen LogP contribution in [0.25, 0.3) is 11.1 Å². The summed E-state index contributed by atoms with van der Waals surface area (Å²) >= 11 is 0. The molecular formula is C24H22O4. The van der Waals surface area contributed by atoms with Gasteiger partial charge in [0.2, 0.25) is 0 Å². The quantitative estimate of drug-likeness (QED) is 0.541. The largest absolute Gasteiger partial charge is 0.490 e. The summed E-state index contributed by atoms with van der Waals surface area (Å²) in [4.78, 5) is 12.9. The SMILES string of the molecule is CCOc1ccc(C(=O)OC2c3ccccc3-c3ccccc32)cc1OCC. The lowest BCUT2D eigenvalue weighted by molar-refractivity contribution is 0.0385. The molecule has 0 saturated carbocycles. The molecule has 0 aliphatic heterocycles. The number of carbonyl (C=O) groups excluding carboxylic acids is 1. The molecule has 0 bridgehead atoms. The summed E-state index contributed by atoms with van der Waals surface area (Å²) in [5, 5.41) is 0. The maximum atomic E-state index is 12.9. The van der Waals surface area contributed by atoms with Crippen LogP contribution in [-0.2, 0) is 4.74 Å². The van der Waals surface area contributed by atoms with Crippen LogP contribution in [0.4, 0.5) is 0 Å². The first-order valence-corrected chi connectivity index (χ1v) is 9.51. The van der Waals surface area contributed by atoms with E-state index in [-0.39, 0.29) is 5.97 Å². The van der Waals surface area contributed by atoms with Crippen molar-refractivity contribution in [3.05, 3.63) is 83.4 Å². The van der Waals surface area contributed by atoms with Gasteiger partial charge in [-0.25, -0.2) is 4.79 Å². The molecule has 0 saturated heterocycles. The Kier molecular flexibility index (Phi) is 5.02. The summed E-state index contributed by atoms with van der Waals surface area (Å²) in [6.07, 6.45) is -0.415. The Balaban J connectivity index is 1.65. The number of ether oxygens (including phenoxy) is 3. The third-order valence-electron chi connectivity index (χ3n) is 4.78. The van der Waals surface area contributed by atoms with Crippen molar-refractivity contribution in [2.24, 2.45) is 0 Å². The van der Waals surface area contributed by atoms with Crippen LogP contribution in [0.2, 0.25) is 0 Å². The van der Waals surface area contributed by atoms with Crippen LogP contribution in [0.1, 0.15) is 41.4 Å². The van der Waals surface area contributed by atoms with E-state index in [0.29, 0.717) is 30.3 Å². The summed E-state index contributed by atoms with van der Waals surface area (Å²) in [5.41, 5.74) is 4.67. The lowest BCUT2D eigenvalue weighted by Crippen LogP contribution is -2.11. The van der Waals surface area contributed by atoms with Gasteiger partial charge in [-0.3, -0.25) is 0 Å². The standard InChI is InChI=1S/C24H22O4/c1-3-26-21-14-13-16(15-22(21)27-4-2)24(25)28-23-19-11-7-5-9-17(19)18-10-6-8-12-20(18)23/h5-15,23H,3-4H2,1-2H3. The van der Waals surface area contributed by atoms with E-state index < -0.39 is 6.10 Å². The number of hydrogen-bond acceptors (Lipinski definition) is 4. The zero-order chi connectivity index (χ0) is 19.5. The maximum absolute atomic E-state index is 12.9. The second-order valence-corrected chi connectivity index (χ2v) is 6.49. The molecule has 4 heteroatoms. The van der Waals surface area contributed by atoms with Gasteiger partial charge in [-0.15, -0.1) is 0 Å². The van der Waals surface area contributed by atoms with Crippen molar-refractivity contribution in [3.8, 4) is 22.6 Å². The molecule has 3 aromatic carbocycles. The van der Waals surface area contributed by atoms with Crippen molar-refractivity contribution in [2.75, 3.05) is 13.2 Å². The van der Waals surface area contributed by atoms with Crippen LogP contribution in [0, 0.1) is 0 Å². The molecule has 0 amide bonds. The molecule has 1 aliphatic carbocycles. The highest BCUT2D eigenvalue weighted by Crippen LogP contribution is 2.45. The summed E-state index contributed by atoms with van der Waals surface area (Å²) in [6.45, 7) is 4.82. The van der Waals surface area contributed by atoms with Crippen LogP contribution >= 0.6 is 0 Å². The molecule has 0 unspecified atom stereocenters. The van der Waals surface area contributed by atoms with E-state index >= 15 is 0 Å². The Morgan fingerprint density at radius 2 is 1.36 bits per heavy atom. The van der Waals surface area contributed by atoms with Crippen molar-refractivity contribution in [3.63, 3.8) is 0 Å². The second kappa shape index (κ2) is 7.77. The third kappa shape index (κ3) is 3.22. The van der Waals surface area contributed by atoms with Gasteiger partial charge >= 0.3 is 5.97 Å². The molecular weight excluding hydrogens is 352 g/mol. The van der Waals surface area contributed by atoms with E-state index in [1.54, 1.807) is 18.2 Å². The molecule has 28 heavy (non-hydrogen) atoms. The van der Waals surface area contributed by atoms with Gasteiger partial charge in [-0.05, 0) is 43.2 Å². The smallest absolute Gasteiger partial charge is 0.339 e. The van der Waals surface area contributed by atoms with E-state index in [1.165, 1.54) is 0 Å². The summed E-state index contributed by atoms with van der Waals surface area (Å²) in [6, 6.07) is 21.2. The maximum Gasteiger partial charge on any atom is 0.339 e. The first-order valence-electron chi connectivity index (χ1n) is 9.51. The molecule has 0 atom stereocenters. The van der Waals surface area contributed by atoms with Gasteiger partial charge in [0.05, 0.1) is 18.8 Å². The van der Waals surface area contributed by atoms with Crippen molar-refractivity contribution >= 4 is 5.97 Å². The Hall–Kier alpha value is -3.27. The zero-order valence-electron chi connectivity index (χ0n) is 16.0. The highest BCUT2D eigenvalue weighted by Gasteiger charge is 2.31. The number of hydrogen-bond donors (Lipinski definition) is 0. The molecule has 3 aromatic rings. The third-order valence-corrected chi connectivity index (χ3v) is 4.78. The van der Waals surface area contributed by atoms with Crippen molar-refractivity contribution in [1.29, 1.82) is 0 Å². The molecule has 0 N–H and O–H groups in total. The van der Waals surface area contributed by atoms with Crippen molar-refractivity contribution < 1.29 is 19.0 Å². The predicted molar refractivity (Wildman–Crippen MR) is 108 cm³/mol. The Labute approximate surface area is 164 Å². The van der Waals surface area contributed by atoms with Crippen molar-refractivity contribution in [2.45, 2.75) is 20.0 Å². The molecule has 4 nitrogen and oxygen atoms in total. The predicted octanol–water partition coefficient (Wildman–Crippen LogP) is 5.41. The van der Waals surface area contributed by atoms with E-state index in [0.717, 1.165) is 22.3 Å². The number of fused-ring (bicyclic) bond motifs is 3. The Bertz CT molecular complexity index is 963. The first kappa shape index (κ1) is 18.1. The lowest BCUT2D eigenvalue weighted by Gasteiger charge is -2.16. The highest BCUT2D eigenvalue weighted by atomic mass is 16.5.